The molecule has 1 atom stereocenters. The van der Waals surface area contributed by atoms with Gasteiger partial charge in [-0.05, 0) is 43.7 Å². The van der Waals surface area contributed by atoms with Crippen LogP contribution in [-0.4, -0.2) is 6.04 Å². The Morgan fingerprint density at radius 1 is 1.28 bits per heavy atom. The van der Waals surface area contributed by atoms with Crippen molar-refractivity contribution in [3.8, 4) is 0 Å². The maximum atomic E-state index is 13.8. The van der Waals surface area contributed by atoms with Crippen LogP contribution in [0.2, 0.25) is 5.02 Å². The van der Waals surface area contributed by atoms with Crippen LogP contribution < -0.4 is 5.73 Å². The molecule has 0 aromatic heterocycles. The summed E-state index contributed by atoms with van der Waals surface area (Å²) in [6, 6.07) is 5.01. The molecule has 2 N–H and O–H groups in total. The molecule has 0 heterocycles. The van der Waals surface area contributed by atoms with Gasteiger partial charge in [0, 0.05) is 6.04 Å². The summed E-state index contributed by atoms with van der Waals surface area (Å²) >= 11 is 5.78. The van der Waals surface area contributed by atoms with Crippen molar-refractivity contribution in [3.05, 3.63) is 46.3 Å². The highest BCUT2D eigenvalue weighted by molar-refractivity contribution is 6.30. The molecule has 0 saturated heterocycles. The van der Waals surface area contributed by atoms with Crippen LogP contribution in [0, 0.1) is 5.82 Å². The first-order valence-corrected chi connectivity index (χ1v) is 6.93. The summed E-state index contributed by atoms with van der Waals surface area (Å²) in [5.41, 5.74) is 8.07. The predicted molar refractivity (Wildman–Crippen MR) is 74.3 cm³/mol. The van der Waals surface area contributed by atoms with E-state index in [-0.39, 0.29) is 16.9 Å². The second-order valence-corrected chi connectivity index (χ2v) is 5.31. The van der Waals surface area contributed by atoms with E-state index in [1.807, 2.05) is 0 Å². The fourth-order valence-electron chi connectivity index (χ4n) is 2.45. The monoisotopic (exact) mass is 267 g/mol. The summed E-state index contributed by atoms with van der Waals surface area (Å²) < 4.78 is 13.8. The standard InChI is InChI=1S/C15H19ClFN/c16-13-9-5-8-12(15(13)17)10-14(18)11-6-3-1-2-4-7-11/h5-6,8-9,14H,1-4,7,10,18H2. The first kappa shape index (κ1) is 13.6. The van der Waals surface area contributed by atoms with Crippen molar-refractivity contribution in [2.24, 2.45) is 5.73 Å². The van der Waals surface area contributed by atoms with Crippen molar-refractivity contribution in [2.45, 2.75) is 44.6 Å². The Labute approximate surface area is 113 Å². The largest absolute Gasteiger partial charge is 0.324 e. The average Bonchev–Trinajstić information content (AvgIpc) is 2.63. The molecule has 98 valence electrons. The van der Waals surface area contributed by atoms with Gasteiger partial charge in [0.15, 0.2) is 0 Å². The average molecular weight is 268 g/mol. The smallest absolute Gasteiger partial charge is 0.145 e. The molecule has 18 heavy (non-hydrogen) atoms. The van der Waals surface area contributed by atoms with Crippen molar-refractivity contribution >= 4 is 11.6 Å². The van der Waals surface area contributed by atoms with E-state index >= 15 is 0 Å². The lowest BCUT2D eigenvalue weighted by Gasteiger charge is -2.16. The van der Waals surface area contributed by atoms with Crippen LogP contribution in [-0.2, 0) is 6.42 Å². The Bertz CT molecular complexity index is 442. The lowest BCUT2D eigenvalue weighted by molar-refractivity contribution is 0.595. The third-order valence-corrected chi connectivity index (χ3v) is 3.82. The van der Waals surface area contributed by atoms with E-state index in [1.54, 1.807) is 18.2 Å². The third-order valence-electron chi connectivity index (χ3n) is 3.52. The zero-order valence-electron chi connectivity index (χ0n) is 10.5. The number of allylic oxidation sites excluding steroid dienone is 1. The highest BCUT2D eigenvalue weighted by Gasteiger charge is 2.15. The number of halogens is 2. The second kappa shape index (κ2) is 6.35. The van der Waals surface area contributed by atoms with Crippen LogP contribution in [0.15, 0.2) is 29.8 Å². The summed E-state index contributed by atoms with van der Waals surface area (Å²) in [5, 5.41) is 0.176. The molecule has 1 aromatic rings. The molecular formula is C15H19ClFN. The first-order valence-electron chi connectivity index (χ1n) is 6.56. The van der Waals surface area contributed by atoms with E-state index in [9.17, 15) is 4.39 Å². The van der Waals surface area contributed by atoms with E-state index in [1.165, 1.54) is 24.8 Å². The van der Waals surface area contributed by atoms with Gasteiger partial charge in [-0.3, -0.25) is 0 Å². The maximum absolute atomic E-state index is 13.8. The molecule has 0 radical (unpaired) electrons. The highest BCUT2D eigenvalue weighted by atomic mass is 35.5. The van der Waals surface area contributed by atoms with Crippen LogP contribution in [0.5, 0.6) is 0 Å². The van der Waals surface area contributed by atoms with Crippen molar-refractivity contribution in [2.75, 3.05) is 0 Å². The lowest BCUT2D eigenvalue weighted by atomic mass is 9.96. The van der Waals surface area contributed by atoms with E-state index < -0.39 is 0 Å². The van der Waals surface area contributed by atoms with Gasteiger partial charge in [-0.15, -0.1) is 0 Å². The molecule has 1 nitrogen and oxygen atoms in total. The molecule has 2 rings (SSSR count). The van der Waals surface area contributed by atoms with Crippen LogP contribution in [0.3, 0.4) is 0 Å². The van der Waals surface area contributed by atoms with Gasteiger partial charge in [0.05, 0.1) is 5.02 Å². The molecule has 1 unspecified atom stereocenters. The lowest BCUT2D eigenvalue weighted by Crippen LogP contribution is -2.26. The van der Waals surface area contributed by atoms with Crippen molar-refractivity contribution in [1.29, 1.82) is 0 Å². The Hall–Kier alpha value is -0.860. The summed E-state index contributed by atoms with van der Waals surface area (Å²) in [4.78, 5) is 0. The fourth-order valence-corrected chi connectivity index (χ4v) is 2.64. The molecular weight excluding hydrogens is 249 g/mol. The molecule has 1 aliphatic rings. The van der Waals surface area contributed by atoms with Crippen molar-refractivity contribution < 1.29 is 4.39 Å². The minimum atomic E-state index is -0.330. The molecule has 0 amide bonds. The molecule has 0 saturated carbocycles. The first-order chi connectivity index (χ1) is 8.68. The SMILES string of the molecule is NC(Cc1cccc(Cl)c1F)C1=CCCCCC1. The Balaban J connectivity index is 2.08. The molecule has 0 fully saturated rings. The third kappa shape index (κ3) is 3.33. The van der Waals surface area contributed by atoms with Gasteiger partial charge < -0.3 is 5.73 Å². The number of rotatable bonds is 3. The summed E-state index contributed by atoms with van der Waals surface area (Å²) in [5.74, 6) is -0.330. The second-order valence-electron chi connectivity index (χ2n) is 4.90. The van der Waals surface area contributed by atoms with Gasteiger partial charge >= 0.3 is 0 Å². The molecule has 0 aliphatic heterocycles. The highest BCUT2D eigenvalue weighted by Crippen LogP contribution is 2.23. The van der Waals surface area contributed by atoms with Crippen LogP contribution in [0.4, 0.5) is 4.39 Å². The normalized spacial score (nSPS) is 18.1. The molecule has 1 aromatic carbocycles. The molecule has 0 spiro atoms. The van der Waals surface area contributed by atoms with Crippen LogP contribution >= 0.6 is 11.6 Å². The molecule has 1 aliphatic carbocycles. The number of hydrogen-bond acceptors (Lipinski definition) is 1. The van der Waals surface area contributed by atoms with Crippen molar-refractivity contribution in [1.82, 2.24) is 0 Å². The van der Waals surface area contributed by atoms with E-state index in [2.05, 4.69) is 6.08 Å². The van der Waals surface area contributed by atoms with Gasteiger partial charge in [0.25, 0.3) is 0 Å². The number of hydrogen-bond donors (Lipinski definition) is 1. The topological polar surface area (TPSA) is 26.0 Å². The van der Waals surface area contributed by atoms with Gasteiger partial charge in [0.1, 0.15) is 5.82 Å². The zero-order valence-corrected chi connectivity index (χ0v) is 11.2. The van der Waals surface area contributed by atoms with Gasteiger partial charge in [0.2, 0.25) is 0 Å². The molecule has 3 heteroatoms. The maximum Gasteiger partial charge on any atom is 0.145 e. The Morgan fingerprint density at radius 2 is 2.11 bits per heavy atom. The van der Waals surface area contributed by atoms with Gasteiger partial charge in [-0.1, -0.05) is 41.8 Å². The Morgan fingerprint density at radius 3 is 2.94 bits per heavy atom. The van der Waals surface area contributed by atoms with Crippen molar-refractivity contribution in [3.63, 3.8) is 0 Å². The Kier molecular flexibility index (Phi) is 4.79. The van der Waals surface area contributed by atoms with Gasteiger partial charge in [-0.25, -0.2) is 4.39 Å². The molecule has 0 bridgehead atoms. The summed E-state index contributed by atoms with van der Waals surface area (Å²) in [6.45, 7) is 0. The summed E-state index contributed by atoms with van der Waals surface area (Å²) in [7, 11) is 0. The number of benzene rings is 1. The minimum Gasteiger partial charge on any atom is -0.324 e. The van der Waals surface area contributed by atoms with Crippen LogP contribution in [0.1, 0.15) is 37.7 Å². The van der Waals surface area contributed by atoms with E-state index in [0.717, 1.165) is 12.8 Å². The minimum absolute atomic E-state index is 0.0870. The van der Waals surface area contributed by atoms with E-state index in [0.29, 0.717) is 12.0 Å². The van der Waals surface area contributed by atoms with Crippen LogP contribution in [0.25, 0.3) is 0 Å². The zero-order chi connectivity index (χ0) is 13.0. The fraction of sp³-hybridized carbons (Fsp3) is 0.467. The predicted octanol–water partition coefficient (Wildman–Crippen LogP) is 4.24. The quantitative estimate of drug-likeness (QED) is 0.815. The van der Waals surface area contributed by atoms with E-state index in [4.69, 9.17) is 17.3 Å². The van der Waals surface area contributed by atoms with Gasteiger partial charge in [-0.2, -0.15) is 0 Å². The summed E-state index contributed by atoms with van der Waals surface area (Å²) in [6.07, 6.45) is 8.60. The number of nitrogens with two attached hydrogens (primary N) is 1.